The van der Waals surface area contributed by atoms with Crippen molar-refractivity contribution in [3.8, 4) is 0 Å². The molecule has 3 rings (SSSR count). The second kappa shape index (κ2) is 7.20. The Kier molecular flexibility index (Phi) is 5.19. The summed E-state index contributed by atoms with van der Waals surface area (Å²) in [6.45, 7) is 7.75. The Balaban J connectivity index is 1.62. The molecule has 1 fully saturated rings. The van der Waals surface area contributed by atoms with E-state index in [0.29, 0.717) is 12.3 Å². The van der Waals surface area contributed by atoms with Crippen LogP contribution in [0.3, 0.4) is 0 Å². The maximum atomic E-state index is 13.0. The van der Waals surface area contributed by atoms with E-state index in [1.54, 1.807) is 0 Å². The number of H-pyrrole nitrogens is 1. The molecule has 2 heterocycles. The maximum absolute atomic E-state index is 13.0. The number of nitrogens with one attached hydrogen (secondary N) is 1. The average Bonchev–Trinajstić information content (AvgIpc) is 3.00. The minimum Gasteiger partial charge on any atom is -0.342 e. The lowest BCUT2D eigenvalue weighted by molar-refractivity contribution is -0.141. The number of aromatic amines is 1. The van der Waals surface area contributed by atoms with Crippen molar-refractivity contribution in [2.75, 3.05) is 13.1 Å². The Bertz CT molecular complexity index is 745. The van der Waals surface area contributed by atoms with Crippen molar-refractivity contribution in [2.24, 2.45) is 5.41 Å². The molecule has 0 spiro atoms. The van der Waals surface area contributed by atoms with E-state index in [1.807, 2.05) is 49.2 Å². The van der Waals surface area contributed by atoms with Gasteiger partial charge in [0.2, 0.25) is 5.91 Å². The largest absolute Gasteiger partial charge is 0.342 e. The molecule has 1 aliphatic rings. The molecule has 1 amide bonds. The third-order valence-corrected chi connectivity index (χ3v) is 5.44. The van der Waals surface area contributed by atoms with Crippen LogP contribution in [0.15, 0.2) is 30.5 Å². The van der Waals surface area contributed by atoms with Crippen molar-refractivity contribution in [3.63, 3.8) is 0 Å². The van der Waals surface area contributed by atoms with Crippen LogP contribution in [0.1, 0.15) is 49.4 Å². The monoisotopic (exact) mass is 359 g/mol. The first-order valence-corrected chi connectivity index (χ1v) is 9.28. The smallest absolute Gasteiger partial charge is 0.228 e. The van der Waals surface area contributed by atoms with Gasteiger partial charge in [0.15, 0.2) is 0 Å². The Morgan fingerprint density at radius 3 is 2.68 bits per heavy atom. The molecule has 1 aromatic carbocycles. The molecule has 4 nitrogen and oxygen atoms in total. The zero-order valence-corrected chi connectivity index (χ0v) is 15.9. The molecule has 0 saturated carbocycles. The lowest BCUT2D eigenvalue weighted by Crippen LogP contribution is -2.45. The summed E-state index contributed by atoms with van der Waals surface area (Å²) in [6.07, 6.45) is 4.63. The number of piperidine rings is 1. The lowest BCUT2D eigenvalue weighted by atomic mass is 9.82. The Morgan fingerprint density at radius 2 is 2.08 bits per heavy atom. The van der Waals surface area contributed by atoms with E-state index in [0.717, 1.165) is 42.2 Å². The molecule has 1 aromatic heterocycles. The Labute approximate surface area is 154 Å². The standard InChI is InChI=1S/C20H26ClN3O/c1-14-18(13-22-23-14)16-7-9-24(10-8-16)19(25)20(2,3)12-15-5-4-6-17(21)11-15/h4-6,11,13,16H,7-10,12H2,1-3H3,(H,22,23). The van der Waals surface area contributed by atoms with Crippen LogP contribution in [0.2, 0.25) is 5.02 Å². The number of nitrogens with zero attached hydrogens (tertiary/aromatic N) is 2. The van der Waals surface area contributed by atoms with Gasteiger partial charge in [-0.05, 0) is 55.4 Å². The van der Waals surface area contributed by atoms with Gasteiger partial charge >= 0.3 is 0 Å². The van der Waals surface area contributed by atoms with Crippen LogP contribution in [0.25, 0.3) is 0 Å². The zero-order valence-electron chi connectivity index (χ0n) is 15.2. The van der Waals surface area contributed by atoms with Crippen molar-refractivity contribution in [1.29, 1.82) is 0 Å². The molecule has 5 heteroatoms. The second-order valence-corrected chi connectivity index (χ2v) is 8.14. The van der Waals surface area contributed by atoms with Crippen molar-refractivity contribution in [3.05, 3.63) is 52.3 Å². The van der Waals surface area contributed by atoms with Crippen molar-refractivity contribution >= 4 is 17.5 Å². The van der Waals surface area contributed by atoms with E-state index in [-0.39, 0.29) is 5.91 Å². The molecule has 0 atom stereocenters. The average molecular weight is 360 g/mol. The van der Waals surface area contributed by atoms with Gasteiger partial charge in [-0.25, -0.2) is 0 Å². The van der Waals surface area contributed by atoms with Crippen LogP contribution in [-0.2, 0) is 11.2 Å². The van der Waals surface area contributed by atoms with Crippen LogP contribution in [0, 0.1) is 12.3 Å². The molecule has 0 unspecified atom stereocenters. The minimum atomic E-state index is -0.428. The lowest BCUT2D eigenvalue weighted by Gasteiger charge is -2.37. The highest BCUT2D eigenvalue weighted by atomic mass is 35.5. The summed E-state index contributed by atoms with van der Waals surface area (Å²) in [5.41, 5.74) is 3.12. The normalized spacial score (nSPS) is 16.2. The molecule has 25 heavy (non-hydrogen) atoms. The Morgan fingerprint density at radius 1 is 1.36 bits per heavy atom. The van der Waals surface area contributed by atoms with E-state index >= 15 is 0 Å². The number of likely N-dealkylation sites (tertiary alicyclic amines) is 1. The molecule has 2 aromatic rings. The van der Waals surface area contributed by atoms with Gasteiger partial charge in [0.05, 0.1) is 6.20 Å². The number of hydrogen-bond donors (Lipinski definition) is 1. The van der Waals surface area contributed by atoms with E-state index in [9.17, 15) is 4.79 Å². The van der Waals surface area contributed by atoms with Crippen LogP contribution in [-0.4, -0.2) is 34.1 Å². The number of aryl methyl sites for hydroxylation is 1. The zero-order chi connectivity index (χ0) is 18.0. The number of carbonyl (C=O) groups excluding carboxylic acids is 1. The van der Waals surface area contributed by atoms with Gasteiger partial charge in [-0.1, -0.05) is 37.6 Å². The van der Waals surface area contributed by atoms with Gasteiger partial charge in [-0.15, -0.1) is 0 Å². The number of carbonyl (C=O) groups is 1. The first-order valence-electron chi connectivity index (χ1n) is 8.90. The van der Waals surface area contributed by atoms with E-state index in [4.69, 9.17) is 11.6 Å². The summed E-state index contributed by atoms with van der Waals surface area (Å²) in [5, 5.41) is 7.86. The highest BCUT2D eigenvalue weighted by molar-refractivity contribution is 6.30. The van der Waals surface area contributed by atoms with Gasteiger partial charge in [0, 0.05) is 29.2 Å². The summed E-state index contributed by atoms with van der Waals surface area (Å²) < 4.78 is 0. The number of rotatable bonds is 4. The summed E-state index contributed by atoms with van der Waals surface area (Å²) in [4.78, 5) is 15.1. The van der Waals surface area contributed by atoms with Crippen molar-refractivity contribution in [1.82, 2.24) is 15.1 Å². The number of amides is 1. The van der Waals surface area contributed by atoms with Crippen LogP contribution in [0.4, 0.5) is 0 Å². The fourth-order valence-electron chi connectivity index (χ4n) is 3.83. The van der Waals surface area contributed by atoms with Crippen molar-refractivity contribution < 1.29 is 4.79 Å². The fraction of sp³-hybridized carbons (Fsp3) is 0.500. The molecule has 134 valence electrons. The molecule has 1 aliphatic heterocycles. The molecule has 0 aliphatic carbocycles. The van der Waals surface area contributed by atoms with E-state index in [2.05, 4.69) is 17.1 Å². The molecule has 0 bridgehead atoms. The number of benzene rings is 1. The second-order valence-electron chi connectivity index (χ2n) is 7.71. The highest BCUT2D eigenvalue weighted by Gasteiger charge is 2.34. The highest BCUT2D eigenvalue weighted by Crippen LogP contribution is 2.32. The molecular weight excluding hydrogens is 334 g/mol. The van der Waals surface area contributed by atoms with Crippen LogP contribution >= 0.6 is 11.6 Å². The Hall–Kier alpha value is -1.81. The van der Waals surface area contributed by atoms with Gasteiger partial charge in [-0.2, -0.15) is 5.10 Å². The predicted octanol–water partition coefficient (Wildman–Crippen LogP) is 4.35. The summed E-state index contributed by atoms with van der Waals surface area (Å²) in [5.74, 6) is 0.730. The van der Waals surface area contributed by atoms with E-state index in [1.165, 1.54) is 5.56 Å². The van der Waals surface area contributed by atoms with Crippen LogP contribution in [0.5, 0.6) is 0 Å². The summed E-state index contributed by atoms with van der Waals surface area (Å²) in [6, 6.07) is 7.79. The third kappa shape index (κ3) is 4.06. The number of aromatic nitrogens is 2. The topological polar surface area (TPSA) is 49.0 Å². The summed E-state index contributed by atoms with van der Waals surface area (Å²) >= 11 is 6.08. The SMILES string of the molecule is Cc1[nH]ncc1C1CCN(C(=O)C(C)(C)Cc2cccc(Cl)c2)CC1. The molecule has 0 radical (unpaired) electrons. The fourth-order valence-corrected chi connectivity index (χ4v) is 4.04. The van der Waals surface area contributed by atoms with Crippen molar-refractivity contribution in [2.45, 2.75) is 46.0 Å². The number of hydrogen-bond acceptors (Lipinski definition) is 2. The van der Waals surface area contributed by atoms with Gasteiger partial charge in [0.25, 0.3) is 0 Å². The summed E-state index contributed by atoms with van der Waals surface area (Å²) in [7, 11) is 0. The number of halogens is 1. The first-order chi connectivity index (χ1) is 11.9. The third-order valence-electron chi connectivity index (χ3n) is 5.20. The predicted molar refractivity (Wildman–Crippen MR) is 101 cm³/mol. The quantitative estimate of drug-likeness (QED) is 0.882. The van der Waals surface area contributed by atoms with Crippen LogP contribution < -0.4 is 0 Å². The molecule has 1 N–H and O–H groups in total. The molecular formula is C20H26ClN3O. The first kappa shape index (κ1) is 18.0. The van der Waals surface area contributed by atoms with Gasteiger partial charge in [0.1, 0.15) is 0 Å². The maximum Gasteiger partial charge on any atom is 0.228 e. The van der Waals surface area contributed by atoms with E-state index < -0.39 is 5.41 Å². The molecule has 1 saturated heterocycles. The van der Waals surface area contributed by atoms with Gasteiger partial charge < -0.3 is 4.90 Å². The van der Waals surface area contributed by atoms with Gasteiger partial charge in [-0.3, -0.25) is 9.89 Å². The minimum absolute atomic E-state index is 0.231.